The fourth-order valence-electron chi connectivity index (χ4n) is 4.51. The van der Waals surface area contributed by atoms with Crippen molar-refractivity contribution in [2.45, 2.75) is 39.8 Å². The van der Waals surface area contributed by atoms with E-state index in [-0.39, 0.29) is 18.3 Å². The first-order valence-corrected chi connectivity index (χ1v) is 12.0. The third-order valence-corrected chi connectivity index (χ3v) is 6.57. The molecule has 0 radical (unpaired) electrons. The van der Waals surface area contributed by atoms with Gasteiger partial charge in [0.25, 0.3) is 0 Å². The van der Waals surface area contributed by atoms with Crippen LogP contribution in [0.15, 0.2) is 71.9 Å². The highest BCUT2D eigenvalue weighted by atomic mass is 19.1. The van der Waals surface area contributed by atoms with Gasteiger partial charge in [0.1, 0.15) is 12.4 Å². The molecular weight excluding hydrogens is 443 g/mol. The highest BCUT2D eigenvalue weighted by molar-refractivity contribution is 5.98. The van der Waals surface area contributed by atoms with Crippen LogP contribution in [0.5, 0.6) is 0 Å². The summed E-state index contributed by atoms with van der Waals surface area (Å²) in [6.45, 7) is 6.35. The normalized spacial score (nSPS) is 16.4. The van der Waals surface area contributed by atoms with E-state index >= 15 is 0 Å². The lowest BCUT2D eigenvalue weighted by Crippen LogP contribution is -2.23. The second-order valence-corrected chi connectivity index (χ2v) is 9.03. The lowest BCUT2D eigenvalue weighted by molar-refractivity contribution is -0.141. The maximum absolute atomic E-state index is 14.6. The predicted molar refractivity (Wildman–Crippen MR) is 136 cm³/mol. The molecule has 1 fully saturated rings. The van der Waals surface area contributed by atoms with E-state index in [1.165, 1.54) is 17.2 Å². The van der Waals surface area contributed by atoms with Crippen LogP contribution in [0.4, 0.5) is 4.39 Å². The van der Waals surface area contributed by atoms with Crippen molar-refractivity contribution in [3.05, 3.63) is 94.8 Å². The smallest absolute Gasteiger partial charge is 0.307 e. The zero-order chi connectivity index (χ0) is 24.8. The average Bonchev–Trinajstić information content (AvgIpc) is 3.34. The number of aliphatic carboxylic acids is 1. The summed E-state index contributed by atoms with van der Waals surface area (Å²) in [4.78, 5) is 19.0. The van der Waals surface area contributed by atoms with Crippen molar-refractivity contribution in [3.8, 4) is 11.1 Å². The maximum atomic E-state index is 14.6. The fraction of sp³-hybridized carbons (Fsp3) is 0.310. The number of benzene rings is 3. The van der Waals surface area contributed by atoms with Crippen LogP contribution in [-0.4, -0.2) is 34.8 Å². The second-order valence-electron chi connectivity index (χ2n) is 9.03. The number of carboxylic acids is 1. The topological polar surface area (TPSA) is 62.1 Å². The molecule has 3 aromatic rings. The monoisotopic (exact) mass is 474 g/mol. The molecule has 0 bridgehead atoms. The molecule has 4 rings (SSSR count). The predicted octanol–water partition coefficient (Wildman–Crippen LogP) is 5.90. The molecule has 0 saturated carbocycles. The molecule has 1 aliphatic rings. The molecule has 1 atom stereocenters. The van der Waals surface area contributed by atoms with Gasteiger partial charge in [0.2, 0.25) is 0 Å². The molecule has 6 heteroatoms. The first-order chi connectivity index (χ1) is 16.9. The summed E-state index contributed by atoms with van der Waals surface area (Å²) in [5.41, 5.74) is 6.27. The van der Waals surface area contributed by atoms with Crippen LogP contribution in [0.3, 0.4) is 0 Å². The van der Waals surface area contributed by atoms with Gasteiger partial charge in [-0.2, -0.15) is 0 Å². The Hall–Kier alpha value is -3.51. The third-order valence-electron chi connectivity index (χ3n) is 6.57. The number of rotatable bonds is 9. The van der Waals surface area contributed by atoms with Crippen LogP contribution in [0, 0.1) is 11.7 Å². The number of hydrogen-bond donors (Lipinski definition) is 1. The Morgan fingerprint density at radius 2 is 1.91 bits per heavy atom. The molecule has 0 amide bonds. The van der Waals surface area contributed by atoms with E-state index in [1.54, 1.807) is 6.07 Å². The molecule has 1 N–H and O–H groups in total. The number of halogens is 1. The zero-order valence-electron chi connectivity index (χ0n) is 20.2. The number of aryl methyl sites for hydroxylation is 1. The van der Waals surface area contributed by atoms with E-state index in [2.05, 4.69) is 29.1 Å². The third kappa shape index (κ3) is 6.14. The molecule has 1 aliphatic heterocycles. The van der Waals surface area contributed by atoms with Crippen molar-refractivity contribution in [2.24, 2.45) is 11.1 Å². The van der Waals surface area contributed by atoms with Crippen LogP contribution < -0.4 is 0 Å². The Labute approximate surface area is 205 Å². The van der Waals surface area contributed by atoms with Gasteiger partial charge in [-0.15, -0.1) is 0 Å². The lowest BCUT2D eigenvalue weighted by atomic mass is 9.99. The van der Waals surface area contributed by atoms with E-state index < -0.39 is 5.97 Å². The summed E-state index contributed by atoms with van der Waals surface area (Å²) in [5, 5.41) is 13.5. The van der Waals surface area contributed by atoms with Crippen molar-refractivity contribution in [1.29, 1.82) is 0 Å². The Morgan fingerprint density at radius 1 is 1.11 bits per heavy atom. The second kappa shape index (κ2) is 11.3. The minimum absolute atomic E-state index is 0.182. The summed E-state index contributed by atoms with van der Waals surface area (Å²) in [6.07, 6.45) is 1.58. The number of carbonyl (C=O) groups is 1. The first kappa shape index (κ1) is 24.6. The van der Waals surface area contributed by atoms with Gasteiger partial charge in [-0.05, 0) is 66.3 Å². The van der Waals surface area contributed by atoms with Crippen molar-refractivity contribution in [1.82, 2.24) is 4.90 Å². The molecule has 0 aromatic heterocycles. The van der Waals surface area contributed by atoms with Gasteiger partial charge in [-0.3, -0.25) is 9.69 Å². The first-order valence-electron chi connectivity index (χ1n) is 12.0. The van der Waals surface area contributed by atoms with Gasteiger partial charge in [0, 0.05) is 18.7 Å². The van der Waals surface area contributed by atoms with E-state index in [1.807, 2.05) is 49.4 Å². The van der Waals surface area contributed by atoms with Crippen molar-refractivity contribution < 1.29 is 19.1 Å². The molecule has 1 saturated heterocycles. The van der Waals surface area contributed by atoms with Gasteiger partial charge >= 0.3 is 5.97 Å². The van der Waals surface area contributed by atoms with E-state index in [9.17, 15) is 14.3 Å². The number of carboxylic acid groups (broad SMARTS) is 1. The van der Waals surface area contributed by atoms with Crippen LogP contribution in [-0.2, 0) is 29.2 Å². The summed E-state index contributed by atoms with van der Waals surface area (Å²) in [5.74, 6) is -1.26. The fourth-order valence-corrected chi connectivity index (χ4v) is 4.51. The summed E-state index contributed by atoms with van der Waals surface area (Å²) >= 11 is 0. The minimum Gasteiger partial charge on any atom is -0.481 e. The van der Waals surface area contributed by atoms with Crippen LogP contribution in [0.25, 0.3) is 11.1 Å². The minimum atomic E-state index is -0.708. The molecular formula is C29H31FN2O3. The van der Waals surface area contributed by atoms with Gasteiger partial charge in [0.05, 0.1) is 11.6 Å². The van der Waals surface area contributed by atoms with Crippen LogP contribution >= 0.6 is 0 Å². The van der Waals surface area contributed by atoms with Crippen molar-refractivity contribution >= 4 is 11.7 Å². The molecule has 1 unspecified atom stereocenters. The van der Waals surface area contributed by atoms with Crippen molar-refractivity contribution in [3.63, 3.8) is 0 Å². The molecule has 3 aromatic carbocycles. The molecule has 1 heterocycles. The summed E-state index contributed by atoms with van der Waals surface area (Å²) in [7, 11) is 0. The highest BCUT2D eigenvalue weighted by Gasteiger charge is 2.28. The maximum Gasteiger partial charge on any atom is 0.307 e. The number of likely N-dealkylation sites (tertiary alicyclic amines) is 1. The SMILES string of the molecule is CCc1cc(C(C)=NOCc2ccc(-c3ccccc3)c(F)c2)ccc1CN1CCC(C(=O)O)C1. The lowest BCUT2D eigenvalue weighted by Gasteiger charge is -2.18. The quantitative estimate of drug-likeness (QED) is 0.310. The standard InChI is InChI=1S/C29H31FN2O3/c1-3-22-16-24(10-11-25(22)17-32-14-13-26(18-32)29(33)34)20(2)31-35-19-21-9-12-27(28(30)15-21)23-7-5-4-6-8-23/h4-12,15-16,26H,3,13-14,17-19H2,1-2H3,(H,33,34). The Kier molecular flexibility index (Phi) is 7.93. The van der Waals surface area contributed by atoms with Gasteiger partial charge in [-0.25, -0.2) is 4.39 Å². The largest absolute Gasteiger partial charge is 0.481 e. The van der Waals surface area contributed by atoms with Crippen LogP contribution in [0.1, 0.15) is 42.5 Å². The molecule has 0 aliphatic carbocycles. The van der Waals surface area contributed by atoms with E-state index in [0.717, 1.165) is 36.3 Å². The average molecular weight is 475 g/mol. The number of hydrogen-bond acceptors (Lipinski definition) is 4. The summed E-state index contributed by atoms with van der Waals surface area (Å²) in [6, 6.07) is 20.8. The Balaban J connectivity index is 1.38. The highest BCUT2D eigenvalue weighted by Crippen LogP contribution is 2.24. The van der Waals surface area contributed by atoms with Gasteiger partial charge in [0.15, 0.2) is 0 Å². The number of oxime groups is 1. The van der Waals surface area contributed by atoms with Crippen molar-refractivity contribution in [2.75, 3.05) is 13.1 Å². The Morgan fingerprint density at radius 3 is 2.60 bits per heavy atom. The van der Waals surface area contributed by atoms with E-state index in [4.69, 9.17) is 4.84 Å². The molecule has 0 spiro atoms. The van der Waals surface area contributed by atoms with Gasteiger partial charge < -0.3 is 9.94 Å². The summed E-state index contributed by atoms with van der Waals surface area (Å²) < 4.78 is 14.6. The Bertz CT molecular complexity index is 1210. The van der Waals surface area contributed by atoms with Crippen LogP contribution in [0.2, 0.25) is 0 Å². The molecule has 182 valence electrons. The number of nitrogens with zero attached hydrogens (tertiary/aromatic N) is 2. The molecule has 35 heavy (non-hydrogen) atoms. The zero-order valence-corrected chi connectivity index (χ0v) is 20.2. The van der Waals surface area contributed by atoms with E-state index in [0.29, 0.717) is 24.1 Å². The molecule has 5 nitrogen and oxygen atoms in total. The van der Waals surface area contributed by atoms with Gasteiger partial charge in [-0.1, -0.05) is 66.7 Å².